The summed E-state index contributed by atoms with van der Waals surface area (Å²) in [7, 11) is 0. The number of aliphatic hydroxyl groups excluding tert-OH is 3. The molecule has 6 N–H and O–H groups in total. The number of nitrogens with two attached hydrogens (primary N) is 1. The highest BCUT2D eigenvalue weighted by Crippen LogP contribution is 2.33. The van der Waals surface area contributed by atoms with E-state index < -0.39 is 43.3 Å². The van der Waals surface area contributed by atoms with E-state index in [1.807, 2.05) is 6.07 Å². The van der Waals surface area contributed by atoms with Crippen molar-refractivity contribution in [1.29, 1.82) is 0 Å². The second-order valence-electron chi connectivity index (χ2n) is 5.36. The number of aliphatic imine (C=N–C) groups is 1. The zero-order valence-corrected chi connectivity index (χ0v) is 12.1. The number of nitrogens with one attached hydrogen (secondary N) is 1. The lowest BCUT2D eigenvalue weighted by atomic mass is 10.1. The molecule has 9 heteroatoms. The molecule has 0 aromatic heterocycles. The minimum atomic E-state index is -1.38. The molecule has 5 atom stereocenters. The van der Waals surface area contributed by atoms with Gasteiger partial charge in [0.1, 0.15) is 18.3 Å². The van der Waals surface area contributed by atoms with Gasteiger partial charge >= 0.3 is 6.03 Å². The van der Waals surface area contributed by atoms with Gasteiger partial charge in [-0.3, -0.25) is 10.2 Å². The van der Waals surface area contributed by atoms with Crippen LogP contribution in [0.2, 0.25) is 0 Å². The van der Waals surface area contributed by atoms with E-state index in [4.69, 9.17) is 10.5 Å². The molecule has 124 valence electrons. The largest absolute Gasteiger partial charge is 0.394 e. The molecule has 2 aliphatic rings. The number of urea groups is 1. The van der Waals surface area contributed by atoms with Crippen LogP contribution in [0.25, 0.3) is 0 Å². The summed E-state index contributed by atoms with van der Waals surface area (Å²) in [4.78, 5) is 17.7. The number of aliphatic hydroxyl groups is 3. The third kappa shape index (κ3) is 2.75. The summed E-state index contributed by atoms with van der Waals surface area (Å²) in [6.45, 7) is -0.481. The predicted octanol–water partition coefficient (Wildman–Crippen LogP) is -1.54. The first kappa shape index (κ1) is 15.7. The molecule has 2 heterocycles. The zero-order chi connectivity index (χ0) is 16.6. The number of nitrogens with zero attached hydrogens (tertiary/aromatic N) is 2. The lowest BCUT2D eigenvalue weighted by Gasteiger charge is -2.37. The van der Waals surface area contributed by atoms with Crippen LogP contribution in [-0.2, 0) is 4.74 Å². The monoisotopic (exact) mass is 322 g/mol. The van der Waals surface area contributed by atoms with Gasteiger partial charge in [-0.25, -0.2) is 9.79 Å². The summed E-state index contributed by atoms with van der Waals surface area (Å²) in [6, 6.07) is 8.28. The Balaban J connectivity index is 1.96. The van der Waals surface area contributed by atoms with E-state index in [9.17, 15) is 20.1 Å². The van der Waals surface area contributed by atoms with Crippen LogP contribution in [0.5, 0.6) is 0 Å². The minimum absolute atomic E-state index is 0.0492. The molecule has 3 rings (SSSR count). The van der Waals surface area contributed by atoms with E-state index in [0.717, 1.165) is 4.90 Å². The Morgan fingerprint density at radius 2 is 1.96 bits per heavy atom. The Hall–Kier alpha value is -2.20. The fraction of sp³-hybridized carbons (Fsp3) is 0.429. The quantitative estimate of drug-likeness (QED) is 0.457. The molecule has 23 heavy (non-hydrogen) atoms. The van der Waals surface area contributed by atoms with Gasteiger partial charge in [-0.2, -0.15) is 0 Å². The number of guanidine groups is 1. The highest BCUT2D eigenvalue weighted by molar-refractivity contribution is 5.97. The van der Waals surface area contributed by atoms with Crippen molar-refractivity contribution in [1.82, 2.24) is 10.2 Å². The molecule has 2 amide bonds. The molecule has 1 aromatic rings. The van der Waals surface area contributed by atoms with Gasteiger partial charge in [-0.15, -0.1) is 0 Å². The number of hydrogen-bond donors (Lipinski definition) is 5. The van der Waals surface area contributed by atoms with Gasteiger partial charge in [0.05, 0.1) is 6.61 Å². The third-order valence-corrected chi connectivity index (χ3v) is 3.88. The van der Waals surface area contributed by atoms with Crippen molar-refractivity contribution in [2.24, 2.45) is 10.7 Å². The van der Waals surface area contributed by atoms with Crippen molar-refractivity contribution in [2.75, 3.05) is 6.61 Å². The summed E-state index contributed by atoms with van der Waals surface area (Å²) in [6.07, 6.45) is -5.64. The molecule has 0 spiro atoms. The Kier molecular flexibility index (Phi) is 4.18. The molecule has 1 saturated heterocycles. The molecule has 1 aromatic carbocycles. The standard InChI is InChI=1S/C14H18N4O5/c15-13-16-11(7-4-2-1-3-5-7)18(14(22)17-13)12-10(21)9(20)8(6-19)23-12/h1-5,8-12,19-21H,6H2,(H3,15,16,17,22)/t8-,9-,10-,11?,12-/m1/s1. The summed E-state index contributed by atoms with van der Waals surface area (Å²) in [5.74, 6) is -0.0492. The maximum atomic E-state index is 12.3. The first-order valence-corrected chi connectivity index (χ1v) is 7.13. The molecule has 2 aliphatic heterocycles. The Morgan fingerprint density at radius 1 is 1.26 bits per heavy atom. The maximum absolute atomic E-state index is 12.3. The number of hydrogen-bond acceptors (Lipinski definition) is 7. The smallest absolute Gasteiger partial charge is 0.328 e. The summed E-state index contributed by atoms with van der Waals surface area (Å²) >= 11 is 0. The van der Waals surface area contributed by atoms with Crippen molar-refractivity contribution in [2.45, 2.75) is 30.7 Å². The number of ether oxygens (including phenoxy) is 1. The third-order valence-electron chi connectivity index (χ3n) is 3.88. The fourth-order valence-corrected chi connectivity index (χ4v) is 2.74. The van der Waals surface area contributed by atoms with E-state index in [-0.39, 0.29) is 5.96 Å². The second kappa shape index (κ2) is 6.13. The average Bonchev–Trinajstić information content (AvgIpc) is 2.83. The molecule has 0 aliphatic carbocycles. The highest BCUT2D eigenvalue weighted by Gasteiger charge is 2.49. The number of rotatable bonds is 3. The first-order chi connectivity index (χ1) is 11.0. The number of benzene rings is 1. The molecular weight excluding hydrogens is 304 g/mol. The molecule has 1 fully saturated rings. The van der Waals surface area contributed by atoms with E-state index in [2.05, 4.69) is 10.3 Å². The SMILES string of the molecule is NC1=NC(c2ccccc2)N([C@@H]2O[C@H](CO)[C@@H](O)[C@H]2O)C(=O)N1. The molecule has 0 radical (unpaired) electrons. The Bertz CT molecular complexity index is 610. The van der Waals surface area contributed by atoms with Crippen LogP contribution in [0.4, 0.5) is 4.79 Å². The van der Waals surface area contributed by atoms with Crippen molar-refractivity contribution in [3.63, 3.8) is 0 Å². The van der Waals surface area contributed by atoms with E-state index in [1.54, 1.807) is 24.3 Å². The number of carbonyl (C=O) groups is 1. The number of carbonyl (C=O) groups excluding carboxylic acids is 1. The molecule has 1 unspecified atom stereocenters. The molecule has 9 nitrogen and oxygen atoms in total. The van der Waals surface area contributed by atoms with Gasteiger partial charge in [-0.05, 0) is 5.56 Å². The Labute approximate surface area is 132 Å². The van der Waals surface area contributed by atoms with Gasteiger partial charge < -0.3 is 25.8 Å². The summed E-state index contributed by atoms with van der Waals surface area (Å²) in [5, 5.41) is 31.6. The van der Waals surface area contributed by atoms with Crippen LogP contribution in [0.15, 0.2) is 35.3 Å². The first-order valence-electron chi connectivity index (χ1n) is 7.13. The van der Waals surface area contributed by atoms with Crippen LogP contribution < -0.4 is 11.1 Å². The van der Waals surface area contributed by atoms with Crippen LogP contribution in [0.1, 0.15) is 11.7 Å². The van der Waals surface area contributed by atoms with Gasteiger partial charge in [0.25, 0.3) is 0 Å². The van der Waals surface area contributed by atoms with Crippen LogP contribution in [0, 0.1) is 0 Å². The average molecular weight is 322 g/mol. The van der Waals surface area contributed by atoms with Gasteiger partial charge in [0, 0.05) is 0 Å². The second-order valence-corrected chi connectivity index (χ2v) is 5.36. The van der Waals surface area contributed by atoms with Gasteiger partial charge in [0.2, 0.25) is 0 Å². The lowest BCUT2D eigenvalue weighted by Crippen LogP contribution is -2.57. The van der Waals surface area contributed by atoms with Crippen LogP contribution in [-0.4, -0.2) is 63.4 Å². The topological polar surface area (TPSA) is 141 Å². The van der Waals surface area contributed by atoms with Gasteiger partial charge in [-0.1, -0.05) is 30.3 Å². The van der Waals surface area contributed by atoms with E-state index >= 15 is 0 Å². The fourth-order valence-electron chi connectivity index (χ4n) is 2.74. The summed E-state index contributed by atoms with van der Waals surface area (Å²) in [5.41, 5.74) is 6.30. The Morgan fingerprint density at radius 3 is 2.57 bits per heavy atom. The summed E-state index contributed by atoms with van der Waals surface area (Å²) < 4.78 is 5.44. The molecule has 0 bridgehead atoms. The number of amides is 2. The minimum Gasteiger partial charge on any atom is -0.394 e. The molecular formula is C14H18N4O5. The van der Waals surface area contributed by atoms with Crippen molar-refractivity contribution in [3.05, 3.63) is 35.9 Å². The highest BCUT2D eigenvalue weighted by atomic mass is 16.6. The van der Waals surface area contributed by atoms with Crippen molar-refractivity contribution < 1.29 is 24.9 Å². The zero-order valence-electron chi connectivity index (χ0n) is 12.1. The van der Waals surface area contributed by atoms with Crippen molar-refractivity contribution >= 4 is 12.0 Å². The van der Waals surface area contributed by atoms with Crippen LogP contribution >= 0.6 is 0 Å². The maximum Gasteiger partial charge on any atom is 0.328 e. The molecule has 0 saturated carbocycles. The predicted molar refractivity (Wildman–Crippen MR) is 78.9 cm³/mol. The van der Waals surface area contributed by atoms with Crippen LogP contribution in [0.3, 0.4) is 0 Å². The normalized spacial score (nSPS) is 34.2. The van der Waals surface area contributed by atoms with Gasteiger partial charge in [0.15, 0.2) is 18.4 Å². The van der Waals surface area contributed by atoms with E-state index in [1.165, 1.54) is 0 Å². The van der Waals surface area contributed by atoms with Crippen molar-refractivity contribution in [3.8, 4) is 0 Å². The van der Waals surface area contributed by atoms with E-state index in [0.29, 0.717) is 5.56 Å². The lowest BCUT2D eigenvalue weighted by molar-refractivity contribution is -0.0924.